The molecule has 1 aliphatic rings. The zero-order chi connectivity index (χ0) is 24.5. The molecule has 0 N–H and O–H groups in total. The Morgan fingerprint density at radius 1 is 0.600 bits per heavy atom. The summed E-state index contributed by atoms with van der Waals surface area (Å²) in [5.41, 5.74) is 4.29. The van der Waals surface area contributed by atoms with Gasteiger partial charge in [0.25, 0.3) is 11.8 Å². The summed E-state index contributed by atoms with van der Waals surface area (Å²) >= 11 is 0. The van der Waals surface area contributed by atoms with Crippen LogP contribution < -0.4 is 9.80 Å². The van der Waals surface area contributed by atoms with E-state index in [9.17, 15) is 14.4 Å². The number of barbiturate groups is 1. The van der Waals surface area contributed by atoms with Crippen LogP contribution in [0.25, 0.3) is 11.8 Å². The standard InChI is InChI=1S/C29H23N3O3/c1-20-18-22(21(2)30(20)23-12-6-3-7-13-23)19-26-27(33)31(24-14-8-4-9-15-24)29(35)32(28(26)34)25-16-10-5-11-17-25/h3-19H,1-2H3. The van der Waals surface area contributed by atoms with E-state index in [1.807, 2.05) is 50.2 Å². The van der Waals surface area contributed by atoms with Gasteiger partial charge in [-0.25, -0.2) is 14.6 Å². The second-order valence-electron chi connectivity index (χ2n) is 8.29. The van der Waals surface area contributed by atoms with Crippen molar-refractivity contribution < 1.29 is 14.4 Å². The number of hydrogen-bond donors (Lipinski definition) is 0. The van der Waals surface area contributed by atoms with E-state index in [2.05, 4.69) is 4.57 Å². The van der Waals surface area contributed by atoms with Gasteiger partial charge in [-0.05, 0) is 68.0 Å². The number of carbonyl (C=O) groups is 3. The Labute approximate surface area is 203 Å². The summed E-state index contributed by atoms with van der Waals surface area (Å²) in [6.45, 7) is 3.92. The third-order valence-electron chi connectivity index (χ3n) is 6.06. The topological polar surface area (TPSA) is 62.6 Å². The van der Waals surface area contributed by atoms with Crippen LogP contribution in [-0.4, -0.2) is 22.4 Å². The fourth-order valence-electron chi connectivity index (χ4n) is 4.40. The number of aromatic nitrogens is 1. The van der Waals surface area contributed by atoms with Gasteiger partial charge in [0.15, 0.2) is 0 Å². The van der Waals surface area contributed by atoms with E-state index in [1.165, 1.54) is 0 Å². The summed E-state index contributed by atoms with van der Waals surface area (Å²) < 4.78 is 2.07. The molecule has 4 amide bonds. The van der Waals surface area contributed by atoms with Crippen molar-refractivity contribution in [1.29, 1.82) is 0 Å². The smallest absolute Gasteiger partial charge is 0.318 e. The molecule has 0 aliphatic carbocycles. The maximum atomic E-state index is 13.6. The number of benzene rings is 3. The zero-order valence-electron chi connectivity index (χ0n) is 19.4. The average molecular weight is 462 g/mol. The fraction of sp³-hybridized carbons (Fsp3) is 0.0690. The summed E-state index contributed by atoms with van der Waals surface area (Å²) in [6.07, 6.45) is 1.59. The summed E-state index contributed by atoms with van der Waals surface area (Å²) in [7, 11) is 0. The molecule has 0 atom stereocenters. The minimum absolute atomic E-state index is 0.0781. The molecule has 172 valence electrons. The molecule has 6 heteroatoms. The van der Waals surface area contributed by atoms with Crippen molar-refractivity contribution in [3.05, 3.63) is 120 Å². The van der Waals surface area contributed by atoms with Gasteiger partial charge in [0.1, 0.15) is 5.57 Å². The molecule has 0 radical (unpaired) electrons. The third kappa shape index (κ3) is 3.85. The highest BCUT2D eigenvalue weighted by atomic mass is 16.2. The van der Waals surface area contributed by atoms with Crippen molar-refractivity contribution in [2.45, 2.75) is 13.8 Å². The van der Waals surface area contributed by atoms with Crippen LogP contribution >= 0.6 is 0 Å². The van der Waals surface area contributed by atoms with Crippen molar-refractivity contribution in [2.75, 3.05) is 9.80 Å². The first-order chi connectivity index (χ1) is 17.0. The summed E-state index contributed by atoms with van der Waals surface area (Å²) in [5, 5.41) is 0. The molecule has 3 aromatic carbocycles. The number of hydrogen-bond acceptors (Lipinski definition) is 3. The molecule has 1 aliphatic heterocycles. The Kier molecular flexibility index (Phi) is 5.63. The van der Waals surface area contributed by atoms with E-state index in [0.717, 1.165) is 32.4 Å². The van der Waals surface area contributed by atoms with Crippen LogP contribution in [0.1, 0.15) is 17.0 Å². The molecule has 6 nitrogen and oxygen atoms in total. The van der Waals surface area contributed by atoms with Crippen LogP contribution in [-0.2, 0) is 9.59 Å². The number of nitrogens with zero attached hydrogens (tertiary/aromatic N) is 3. The molecule has 0 spiro atoms. The maximum Gasteiger partial charge on any atom is 0.343 e. The third-order valence-corrected chi connectivity index (χ3v) is 6.06. The quantitative estimate of drug-likeness (QED) is 0.290. The lowest BCUT2D eigenvalue weighted by molar-refractivity contribution is -0.121. The van der Waals surface area contributed by atoms with Crippen molar-refractivity contribution in [3.63, 3.8) is 0 Å². The molecule has 2 heterocycles. The van der Waals surface area contributed by atoms with Gasteiger partial charge in [-0.3, -0.25) is 9.59 Å². The van der Waals surface area contributed by atoms with Crippen LogP contribution in [0.5, 0.6) is 0 Å². The number of aryl methyl sites for hydroxylation is 1. The van der Waals surface area contributed by atoms with Crippen molar-refractivity contribution >= 4 is 35.3 Å². The van der Waals surface area contributed by atoms with E-state index in [4.69, 9.17) is 0 Å². The van der Waals surface area contributed by atoms with Gasteiger partial charge in [0.2, 0.25) is 0 Å². The van der Waals surface area contributed by atoms with Crippen LogP contribution in [0.4, 0.5) is 16.2 Å². The van der Waals surface area contributed by atoms with Crippen LogP contribution in [0.3, 0.4) is 0 Å². The van der Waals surface area contributed by atoms with Crippen LogP contribution in [0.2, 0.25) is 0 Å². The number of anilines is 2. The Hall–Kier alpha value is -4.71. The normalized spacial score (nSPS) is 14.0. The first-order valence-corrected chi connectivity index (χ1v) is 11.3. The highest BCUT2D eigenvalue weighted by Gasteiger charge is 2.43. The Morgan fingerprint density at radius 3 is 1.49 bits per heavy atom. The number of rotatable bonds is 4. The minimum Gasteiger partial charge on any atom is -0.318 e. The highest BCUT2D eigenvalue weighted by Crippen LogP contribution is 2.31. The Bertz CT molecular complexity index is 1390. The van der Waals surface area contributed by atoms with E-state index >= 15 is 0 Å². The summed E-state index contributed by atoms with van der Waals surface area (Å²) in [4.78, 5) is 42.7. The van der Waals surface area contributed by atoms with Gasteiger partial charge in [-0.2, -0.15) is 0 Å². The molecular formula is C29H23N3O3. The number of para-hydroxylation sites is 3. The monoisotopic (exact) mass is 461 g/mol. The Morgan fingerprint density at radius 2 is 1.03 bits per heavy atom. The van der Waals surface area contributed by atoms with E-state index in [0.29, 0.717) is 11.4 Å². The molecule has 1 aromatic heterocycles. The van der Waals surface area contributed by atoms with Gasteiger partial charge in [0, 0.05) is 17.1 Å². The molecule has 0 unspecified atom stereocenters. The molecule has 1 saturated heterocycles. The van der Waals surface area contributed by atoms with Crippen LogP contribution in [0.15, 0.2) is 103 Å². The van der Waals surface area contributed by atoms with Gasteiger partial charge >= 0.3 is 6.03 Å². The molecule has 35 heavy (non-hydrogen) atoms. The second kappa shape index (κ2) is 8.91. The summed E-state index contributed by atoms with van der Waals surface area (Å²) in [6, 6.07) is 28.4. The molecule has 4 aromatic rings. The SMILES string of the molecule is Cc1cc(C=C2C(=O)N(c3ccccc3)C(=O)N(c3ccccc3)C2=O)c(C)n1-c1ccccc1. The van der Waals surface area contributed by atoms with Gasteiger partial charge < -0.3 is 4.57 Å². The number of imide groups is 2. The molecule has 5 rings (SSSR count). The van der Waals surface area contributed by atoms with E-state index in [-0.39, 0.29) is 5.57 Å². The maximum absolute atomic E-state index is 13.6. The van der Waals surface area contributed by atoms with Crippen molar-refractivity contribution in [2.24, 2.45) is 0 Å². The largest absolute Gasteiger partial charge is 0.343 e. The van der Waals surface area contributed by atoms with Gasteiger partial charge in [-0.1, -0.05) is 54.6 Å². The molecule has 1 fully saturated rings. The zero-order valence-corrected chi connectivity index (χ0v) is 19.4. The van der Waals surface area contributed by atoms with Crippen molar-refractivity contribution in [1.82, 2.24) is 4.57 Å². The molecule has 0 bridgehead atoms. The number of urea groups is 1. The fourth-order valence-corrected chi connectivity index (χ4v) is 4.40. The first kappa shape index (κ1) is 22.1. The predicted octanol–water partition coefficient (Wildman–Crippen LogP) is 5.68. The number of amides is 4. The average Bonchev–Trinajstić information content (AvgIpc) is 3.16. The predicted molar refractivity (Wildman–Crippen MR) is 136 cm³/mol. The lowest BCUT2D eigenvalue weighted by Crippen LogP contribution is -2.57. The highest BCUT2D eigenvalue weighted by molar-refractivity contribution is 6.46. The molecular weight excluding hydrogens is 438 g/mol. The van der Waals surface area contributed by atoms with Gasteiger partial charge in [0.05, 0.1) is 11.4 Å². The Balaban J connectivity index is 1.66. The lowest BCUT2D eigenvalue weighted by atomic mass is 10.0. The van der Waals surface area contributed by atoms with Crippen LogP contribution in [0, 0.1) is 13.8 Å². The van der Waals surface area contributed by atoms with E-state index in [1.54, 1.807) is 66.7 Å². The number of carbonyl (C=O) groups excluding carboxylic acids is 3. The van der Waals surface area contributed by atoms with E-state index < -0.39 is 17.8 Å². The lowest BCUT2D eigenvalue weighted by Gasteiger charge is -2.33. The molecule has 0 saturated carbocycles. The second-order valence-corrected chi connectivity index (χ2v) is 8.29. The van der Waals surface area contributed by atoms with Gasteiger partial charge in [-0.15, -0.1) is 0 Å². The summed E-state index contributed by atoms with van der Waals surface area (Å²) in [5.74, 6) is -1.30. The minimum atomic E-state index is -0.704. The first-order valence-electron chi connectivity index (χ1n) is 11.3. The van der Waals surface area contributed by atoms with Crippen molar-refractivity contribution in [3.8, 4) is 5.69 Å².